The summed E-state index contributed by atoms with van der Waals surface area (Å²) in [6.07, 6.45) is 1.62. The Balaban J connectivity index is 1.93. The Bertz CT molecular complexity index is 404. The second kappa shape index (κ2) is 6.28. The monoisotopic (exact) mass is 316 g/mol. The zero-order valence-corrected chi connectivity index (χ0v) is 11.8. The Morgan fingerprint density at radius 2 is 2.33 bits per heavy atom. The van der Waals surface area contributed by atoms with E-state index < -0.39 is 0 Å². The van der Waals surface area contributed by atoms with Crippen LogP contribution in [-0.2, 0) is 4.74 Å². The normalized spacial score (nSPS) is 20.7. The number of halogens is 1. The first kappa shape index (κ1) is 13.5. The number of nitrogens with two attached hydrogens (primary N) is 1. The summed E-state index contributed by atoms with van der Waals surface area (Å²) < 4.78 is 6.38. The molecule has 4 N–H and O–H groups in total. The molecule has 0 aromatic carbocycles. The van der Waals surface area contributed by atoms with Gasteiger partial charge in [0.1, 0.15) is 16.6 Å². The molecular weight excluding hydrogens is 300 g/mol. The molecular formula is C10H17BrN6O. The molecule has 0 aliphatic carbocycles. The molecule has 1 saturated heterocycles. The number of morpholine rings is 1. The van der Waals surface area contributed by atoms with E-state index >= 15 is 0 Å². The number of hydrogen-bond acceptors (Lipinski definition) is 7. The van der Waals surface area contributed by atoms with E-state index in [1.165, 1.54) is 6.33 Å². The van der Waals surface area contributed by atoms with Crippen LogP contribution in [0.15, 0.2) is 10.8 Å². The van der Waals surface area contributed by atoms with E-state index in [2.05, 4.69) is 48.6 Å². The first-order valence-corrected chi connectivity index (χ1v) is 6.51. The third-order valence-corrected chi connectivity index (χ3v) is 3.52. The van der Waals surface area contributed by atoms with Gasteiger partial charge in [-0.15, -0.1) is 0 Å². The van der Waals surface area contributed by atoms with Crippen LogP contribution in [0.3, 0.4) is 0 Å². The lowest BCUT2D eigenvalue weighted by atomic mass is 10.3. The molecule has 1 atom stereocenters. The molecule has 1 aliphatic heterocycles. The molecule has 1 aromatic heterocycles. The van der Waals surface area contributed by atoms with Crippen molar-refractivity contribution in [3.63, 3.8) is 0 Å². The minimum atomic E-state index is 0.167. The molecule has 2 heterocycles. The fourth-order valence-electron chi connectivity index (χ4n) is 1.79. The Kier molecular flexibility index (Phi) is 4.70. The molecule has 8 heteroatoms. The Morgan fingerprint density at radius 1 is 1.56 bits per heavy atom. The highest BCUT2D eigenvalue weighted by atomic mass is 79.9. The SMILES string of the molecule is CN1CCOC(CNc2ncnc(NN)c2Br)C1. The van der Waals surface area contributed by atoms with Crippen LogP contribution in [-0.4, -0.2) is 54.3 Å². The van der Waals surface area contributed by atoms with Gasteiger partial charge in [0, 0.05) is 19.6 Å². The minimum absolute atomic E-state index is 0.167. The molecule has 0 spiro atoms. The van der Waals surface area contributed by atoms with Crippen molar-refractivity contribution >= 4 is 27.6 Å². The largest absolute Gasteiger partial charge is 0.374 e. The number of hydrazine groups is 1. The van der Waals surface area contributed by atoms with Crippen LogP contribution in [0.4, 0.5) is 11.6 Å². The number of hydrogen-bond donors (Lipinski definition) is 3. The Labute approximate surface area is 114 Å². The van der Waals surface area contributed by atoms with Crippen molar-refractivity contribution in [1.82, 2.24) is 14.9 Å². The van der Waals surface area contributed by atoms with Gasteiger partial charge in [-0.05, 0) is 23.0 Å². The fourth-order valence-corrected chi connectivity index (χ4v) is 2.25. The van der Waals surface area contributed by atoms with Gasteiger partial charge < -0.3 is 20.4 Å². The molecule has 0 radical (unpaired) electrons. The molecule has 0 saturated carbocycles. The van der Waals surface area contributed by atoms with Gasteiger partial charge in [-0.2, -0.15) is 0 Å². The number of likely N-dealkylation sites (N-methyl/N-ethyl adjacent to an activating group) is 1. The van der Waals surface area contributed by atoms with Crippen LogP contribution < -0.4 is 16.6 Å². The maximum Gasteiger partial charge on any atom is 0.159 e. The quantitative estimate of drug-likeness (QED) is 0.542. The Hall–Kier alpha value is -0.960. The third-order valence-electron chi connectivity index (χ3n) is 2.77. The van der Waals surface area contributed by atoms with E-state index in [9.17, 15) is 0 Å². The van der Waals surface area contributed by atoms with E-state index in [4.69, 9.17) is 10.6 Å². The van der Waals surface area contributed by atoms with Crippen molar-refractivity contribution in [3.8, 4) is 0 Å². The predicted octanol–water partition coefficient (Wildman–Crippen LogP) is 0.267. The first-order valence-electron chi connectivity index (χ1n) is 5.72. The lowest BCUT2D eigenvalue weighted by Crippen LogP contribution is -2.43. The molecule has 0 bridgehead atoms. The van der Waals surface area contributed by atoms with Gasteiger partial charge in [0.2, 0.25) is 0 Å². The topological polar surface area (TPSA) is 88.3 Å². The summed E-state index contributed by atoms with van der Waals surface area (Å²) in [4.78, 5) is 10.4. The maximum absolute atomic E-state index is 5.66. The number of ether oxygens (including phenoxy) is 1. The lowest BCUT2D eigenvalue weighted by molar-refractivity contribution is -0.0117. The average molecular weight is 317 g/mol. The van der Waals surface area contributed by atoms with Crippen LogP contribution in [0.25, 0.3) is 0 Å². The smallest absolute Gasteiger partial charge is 0.159 e. The molecule has 1 unspecified atom stereocenters. The second-order valence-electron chi connectivity index (χ2n) is 4.17. The van der Waals surface area contributed by atoms with Crippen molar-refractivity contribution in [2.75, 3.05) is 44.0 Å². The zero-order chi connectivity index (χ0) is 13.0. The van der Waals surface area contributed by atoms with Crippen molar-refractivity contribution in [3.05, 3.63) is 10.8 Å². The van der Waals surface area contributed by atoms with E-state index in [0.29, 0.717) is 18.2 Å². The predicted molar refractivity (Wildman–Crippen MR) is 73.3 cm³/mol. The highest BCUT2D eigenvalue weighted by Gasteiger charge is 2.18. The van der Waals surface area contributed by atoms with E-state index in [-0.39, 0.29) is 6.10 Å². The van der Waals surface area contributed by atoms with Crippen molar-refractivity contribution in [2.24, 2.45) is 5.84 Å². The van der Waals surface area contributed by atoms with E-state index in [0.717, 1.165) is 24.2 Å². The van der Waals surface area contributed by atoms with Gasteiger partial charge in [-0.1, -0.05) is 0 Å². The summed E-state index contributed by atoms with van der Waals surface area (Å²) in [6.45, 7) is 3.36. The van der Waals surface area contributed by atoms with Gasteiger partial charge in [0.15, 0.2) is 5.82 Å². The molecule has 0 amide bonds. The molecule has 1 aliphatic rings. The highest BCUT2D eigenvalue weighted by Crippen LogP contribution is 2.25. The number of rotatable bonds is 4. The van der Waals surface area contributed by atoms with Crippen molar-refractivity contribution < 1.29 is 4.74 Å². The highest BCUT2D eigenvalue weighted by molar-refractivity contribution is 9.10. The van der Waals surface area contributed by atoms with Gasteiger partial charge in [-0.25, -0.2) is 15.8 Å². The number of aromatic nitrogens is 2. The van der Waals surface area contributed by atoms with Gasteiger partial charge in [0.05, 0.1) is 12.7 Å². The molecule has 1 fully saturated rings. The van der Waals surface area contributed by atoms with Crippen LogP contribution in [0, 0.1) is 0 Å². The van der Waals surface area contributed by atoms with Gasteiger partial charge >= 0.3 is 0 Å². The van der Waals surface area contributed by atoms with Crippen molar-refractivity contribution in [2.45, 2.75) is 6.10 Å². The second-order valence-corrected chi connectivity index (χ2v) is 4.96. The summed E-state index contributed by atoms with van der Waals surface area (Å²) in [5.74, 6) is 6.60. The Morgan fingerprint density at radius 3 is 3.06 bits per heavy atom. The number of nitrogens with zero attached hydrogens (tertiary/aromatic N) is 3. The van der Waals surface area contributed by atoms with Gasteiger partial charge in [-0.3, -0.25) is 0 Å². The molecule has 1 aromatic rings. The maximum atomic E-state index is 5.66. The lowest BCUT2D eigenvalue weighted by Gasteiger charge is -2.30. The minimum Gasteiger partial charge on any atom is -0.374 e. The summed E-state index contributed by atoms with van der Waals surface area (Å²) in [7, 11) is 2.09. The van der Waals surface area contributed by atoms with Crippen LogP contribution in [0.5, 0.6) is 0 Å². The van der Waals surface area contributed by atoms with Crippen LogP contribution in [0.2, 0.25) is 0 Å². The summed E-state index contributed by atoms with van der Waals surface area (Å²) in [5, 5.41) is 3.23. The first-order chi connectivity index (χ1) is 8.70. The number of anilines is 2. The third kappa shape index (κ3) is 3.29. The average Bonchev–Trinajstić information content (AvgIpc) is 2.38. The van der Waals surface area contributed by atoms with Crippen LogP contribution >= 0.6 is 15.9 Å². The summed E-state index contributed by atoms with van der Waals surface area (Å²) in [5.41, 5.74) is 2.50. The fraction of sp³-hybridized carbons (Fsp3) is 0.600. The molecule has 2 rings (SSSR count). The number of nitrogen functional groups attached to an aromatic ring is 1. The molecule has 18 heavy (non-hydrogen) atoms. The summed E-state index contributed by atoms with van der Waals surface area (Å²) >= 11 is 3.40. The summed E-state index contributed by atoms with van der Waals surface area (Å²) in [6, 6.07) is 0. The van der Waals surface area contributed by atoms with E-state index in [1.54, 1.807) is 0 Å². The van der Waals surface area contributed by atoms with Crippen molar-refractivity contribution in [1.29, 1.82) is 0 Å². The standard InChI is InChI=1S/C10H17BrN6O/c1-17-2-3-18-7(5-17)4-13-9-8(11)10(16-12)15-6-14-9/h6-7H,2-5,12H2,1H3,(H2,13,14,15,16). The zero-order valence-electron chi connectivity index (χ0n) is 10.2. The molecule has 7 nitrogen and oxygen atoms in total. The van der Waals surface area contributed by atoms with Gasteiger partial charge in [0.25, 0.3) is 0 Å². The molecule has 100 valence electrons. The number of nitrogens with one attached hydrogen (secondary N) is 2. The van der Waals surface area contributed by atoms with Crippen LogP contribution in [0.1, 0.15) is 0 Å². The van der Waals surface area contributed by atoms with E-state index in [1.807, 2.05) is 0 Å².